The summed E-state index contributed by atoms with van der Waals surface area (Å²) in [4.78, 5) is 2.19. The van der Waals surface area contributed by atoms with Crippen LogP contribution in [0.1, 0.15) is 6.92 Å². The summed E-state index contributed by atoms with van der Waals surface area (Å²) in [6.07, 6.45) is 12.4. The molecule has 0 unspecified atom stereocenters. The van der Waals surface area contributed by atoms with Crippen molar-refractivity contribution in [2.24, 2.45) is 0 Å². The highest BCUT2D eigenvalue weighted by molar-refractivity contribution is 5.69. The van der Waals surface area contributed by atoms with Crippen LogP contribution in [0.3, 0.4) is 0 Å². The summed E-state index contributed by atoms with van der Waals surface area (Å²) in [7, 11) is 4.17. The van der Waals surface area contributed by atoms with Crippen molar-refractivity contribution < 1.29 is 9.15 Å². The molecule has 2 heterocycles. The fourth-order valence-corrected chi connectivity index (χ4v) is 1.75. The van der Waals surface area contributed by atoms with Crippen LogP contribution in [-0.4, -0.2) is 46.4 Å². The number of rotatable bonds is 0. The van der Waals surface area contributed by atoms with E-state index in [1.807, 2.05) is 12.2 Å². The Morgan fingerprint density at radius 2 is 1.46 bits per heavy atom. The van der Waals surface area contributed by atoms with Crippen LogP contribution in [-0.2, 0) is 0 Å². The summed E-state index contributed by atoms with van der Waals surface area (Å²) in [5.74, 6) is -0.0938. The van der Waals surface area contributed by atoms with Crippen molar-refractivity contribution in [2.75, 3.05) is 14.1 Å². The highest BCUT2D eigenvalue weighted by Gasteiger charge is 2.49. The lowest BCUT2D eigenvalue weighted by atomic mass is 10.2. The summed E-state index contributed by atoms with van der Waals surface area (Å²) in [6, 6.07) is 0. The van der Waals surface area contributed by atoms with E-state index in [9.17, 15) is 0 Å². The van der Waals surface area contributed by atoms with Crippen LogP contribution in [0.5, 0.6) is 0 Å². The van der Waals surface area contributed by atoms with Gasteiger partial charge in [-0.25, -0.2) is 4.90 Å². The van der Waals surface area contributed by atoms with Gasteiger partial charge in [0.05, 0.1) is 6.92 Å². The largest absolute Gasteiger partial charge is 0.438 e. The first-order chi connectivity index (χ1) is 6.15. The number of hydrogen-bond donors (Lipinski definition) is 0. The number of fused-ring (bicyclic) bond motifs is 1. The molecule has 3 nitrogen and oxygen atoms in total. The molecule has 0 aromatic rings. The van der Waals surface area contributed by atoms with Crippen molar-refractivity contribution in [1.82, 2.24) is 4.90 Å². The maximum Gasteiger partial charge on any atom is 0.438 e. The van der Waals surface area contributed by atoms with E-state index < -0.39 is 0 Å². The van der Waals surface area contributed by atoms with E-state index in [2.05, 4.69) is 59.9 Å². The SMILES string of the molecule is C[N+]1=CC=CN2C=CC=[N+](C)C21C. The summed E-state index contributed by atoms with van der Waals surface area (Å²) in [5.41, 5.74) is 0. The van der Waals surface area contributed by atoms with Crippen LogP contribution in [0.15, 0.2) is 24.6 Å². The molecular formula is C10H15N3+2. The van der Waals surface area contributed by atoms with E-state index in [1.165, 1.54) is 0 Å². The van der Waals surface area contributed by atoms with E-state index in [0.717, 1.165) is 0 Å². The van der Waals surface area contributed by atoms with Crippen LogP contribution in [0, 0.1) is 0 Å². The van der Waals surface area contributed by atoms with Crippen LogP contribution in [0.4, 0.5) is 0 Å². The molecule has 0 atom stereocenters. The second kappa shape index (κ2) is 2.55. The molecule has 0 amide bonds. The van der Waals surface area contributed by atoms with Gasteiger partial charge in [0, 0.05) is 24.6 Å². The van der Waals surface area contributed by atoms with Crippen molar-refractivity contribution >= 4 is 12.4 Å². The molecule has 0 N–H and O–H groups in total. The molecule has 0 aliphatic carbocycles. The molecule has 3 heteroatoms. The normalized spacial score (nSPS) is 23.8. The van der Waals surface area contributed by atoms with Crippen molar-refractivity contribution in [1.29, 1.82) is 0 Å². The highest BCUT2D eigenvalue weighted by Crippen LogP contribution is 2.21. The van der Waals surface area contributed by atoms with Gasteiger partial charge in [0.1, 0.15) is 14.1 Å². The minimum absolute atomic E-state index is 0.0938. The fourth-order valence-electron chi connectivity index (χ4n) is 1.75. The van der Waals surface area contributed by atoms with Crippen LogP contribution >= 0.6 is 0 Å². The molecule has 0 aromatic heterocycles. The van der Waals surface area contributed by atoms with Gasteiger partial charge in [-0.1, -0.05) is 0 Å². The van der Waals surface area contributed by atoms with E-state index in [4.69, 9.17) is 0 Å². The van der Waals surface area contributed by atoms with Crippen molar-refractivity contribution in [3.63, 3.8) is 0 Å². The summed E-state index contributed by atoms with van der Waals surface area (Å²) >= 11 is 0. The predicted molar refractivity (Wildman–Crippen MR) is 53.0 cm³/mol. The van der Waals surface area contributed by atoms with Gasteiger partial charge in [0.15, 0.2) is 12.4 Å². The Hall–Kier alpha value is -1.38. The lowest BCUT2D eigenvalue weighted by Crippen LogP contribution is -2.59. The number of hydrogen-bond acceptors (Lipinski definition) is 1. The van der Waals surface area contributed by atoms with Crippen molar-refractivity contribution in [3.05, 3.63) is 24.6 Å². The molecule has 2 aliphatic heterocycles. The Kier molecular flexibility index (Phi) is 1.62. The first kappa shape index (κ1) is 8.23. The molecule has 0 spiro atoms. The molecule has 13 heavy (non-hydrogen) atoms. The first-order valence-corrected chi connectivity index (χ1v) is 4.43. The van der Waals surface area contributed by atoms with Crippen LogP contribution in [0.25, 0.3) is 0 Å². The summed E-state index contributed by atoms with van der Waals surface area (Å²) < 4.78 is 4.38. The molecule has 0 fully saturated rings. The molecule has 0 saturated carbocycles. The monoisotopic (exact) mass is 177 g/mol. The number of allylic oxidation sites excluding steroid dienone is 2. The molecule has 2 aliphatic rings. The third-order valence-electron chi connectivity index (χ3n) is 2.94. The Morgan fingerprint density at radius 1 is 1.00 bits per heavy atom. The minimum Gasteiger partial charge on any atom is -0.236 e. The lowest BCUT2D eigenvalue weighted by Gasteiger charge is -2.32. The Balaban J connectivity index is 2.53. The number of nitrogens with zero attached hydrogens (tertiary/aromatic N) is 3. The zero-order valence-electron chi connectivity index (χ0n) is 8.31. The van der Waals surface area contributed by atoms with Gasteiger partial charge in [0.2, 0.25) is 0 Å². The van der Waals surface area contributed by atoms with Gasteiger partial charge in [-0.2, -0.15) is 9.15 Å². The minimum atomic E-state index is -0.0938. The third-order valence-corrected chi connectivity index (χ3v) is 2.94. The van der Waals surface area contributed by atoms with Gasteiger partial charge < -0.3 is 0 Å². The smallest absolute Gasteiger partial charge is 0.236 e. The quantitative estimate of drug-likeness (QED) is 0.488. The van der Waals surface area contributed by atoms with E-state index >= 15 is 0 Å². The lowest BCUT2D eigenvalue weighted by molar-refractivity contribution is -0.825. The molecule has 2 rings (SSSR count). The molecular weight excluding hydrogens is 162 g/mol. The maximum absolute atomic E-state index is 2.19. The Labute approximate surface area is 78.6 Å². The van der Waals surface area contributed by atoms with Gasteiger partial charge in [-0.3, -0.25) is 0 Å². The molecule has 0 aromatic carbocycles. The van der Waals surface area contributed by atoms with Gasteiger partial charge >= 0.3 is 5.79 Å². The van der Waals surface area contributed by atoms with Gasteiger partial charge in [-0.05, 0) is 0 Å². The van der Waals surface area contributed by atoms with E-state index in [0.29, 0.717) is 0 Å². The second-order valence-corrected chi connectivity index (χ2v) is 3.58. The maximum atomic E-state index is 2.19. The average molecular weight is 177 g/mol. The van der Waals surface area contributed by atoms with Gasteiger partial charge in [-0.15, -0.1) is 0 Å². The van der Waals surface area contributed by atoms with Crippen LogP contribution < -0.4 is 0 Å². The Bertz CT molecular complexity index is 317. The second-order valence-electron chi connectivity index (χ2n) is 3.58. The zero-order chi connectivity index (χ0) is 9.47. The molecule has 0 saturated heterocycles. The fraction of sp³-hybridized carbons (Fsp3) is 0.400. The summed E-state index contributed by atoms with van der Waals surface area (Å²) in [6.45, 7) is 2.19. The highest BCUT2D eigenvalue weighted by atomic mass is 15.5. The zero-order valence-corrected chi connectivity index (χ0v) is 8.31. The molecule has 68 valence electrons. The molecule has 0 bridgehead atoms. The van der Waals surface area contributed by atoms with E-state index in [-0.39, 0.29) is 5.79 Å². The summed E-state index contributed by atoms with van der Waals surface area (Å²) in [5, 5.41) is 0. The molecule has 0 radical (unpaired) electrons. The van der Waals surface area contributed by atoms with Crippen molar-refractivity contribution in [3.8, 4) is 0 Å². The standard InChI is InChI=1S/C10H15N3/c1-10-11(2)6-4-8-13(10)9-5-7-12(10)3/h4-9H,1-3H3/q+2. The van der Waals surface area contributed by atoms with Crippen LogP contribution in [0.2, 0.25) is 0 Å². The van der Waals surface area contributed by atoms with Crippen molar-refractivity contribution in [2.45, 2.75) is 12.7 Å². The Morgan fingerprint density at radius 3 is 1.85 bits per heavy atom. The third kappa shape index (κ3) is 0.963. The topological polar surface area (TPSA) is 9.26 Å². The average Bonchev–Trinajstić information content (AvgIpc) is 2.10. The first-order valence-electron chi connectivity index (χ1n) is 4.43. The van der Waals surface area contributed by atoms with Gasteiger partial charge in [0.25, 0.3) is 0 Å². The van der Waals surface area contributed by atoms with E-state index in [1.54, 1.807) is 0 Å². The predicted octanol–water partition coefficient (Wildman–Crippen LogP) is 0.443.